The van der Waals surface area contributed by atoms with Crippen LogP contribution in [0.4, 0.5) is 4.79 Å². The second kappa shape index (κ2) is 6.85. The summed E-state index contributed by atoms with van der Waals surface area (Å²) < 4.78 is 5.09. The molecule has 7 nitrogen and oxygen atoms in total. The molecule has 0 bridgehead atoms. The van der Waals surface area contributed by atoms with Crippen LogP contribution in [0, 0.1) is 17.2 Å². The number of rotatable bonds is 4. The molecule has 0 aromatic carbocycles. The summed E-state index contributed by atoms with van der Waals surface area (Å²) in [5.74, 6) is -0.177. The lowest BCUT2D eigenvalue weighted by Crippen LogP contribution is -2.28. The SMILES string of the molecule is CC1=NC(=O)N=C(SCC(=O)NCc2ccco2)C1C#N. The van der Waals surface area contributed by atoms with Gasteiger partial charge in [-0.15, -0.1) is 0 Å². The van der Waals surface area contributed by atoms with Gasteiger partial charge in [-0.3, -0.25) is 4.79 Å². The fraction of sp³-hybridized carbons (Fsp3) is 0.308. The van der Waals surface area contributed by atoms with Gasteiger partial charge in [0.15, 0.2) is 0 Å². The average molecular weight is 304 g/mol. The van der Waals surface area contributed by atoms with E-state index in [-0.39, 0.29) is 11.7 Å². The maximum Gasteiger partial charge on any atom is 0.367 e. The number of hydrogen-bond acceptors (Lipinski definition) is 5. The molecule has 1 aromatic heterocycles. The molecule has 1 aliphatic rings. The average Bonchev–Trinajstić information content (AvgIpc) is 2.95. The highest BCUT2D eigenvalue weighted by Crippen LogP contribution is 2.19. The molecule has 3 amide bonds. The van der Waals surface area contributed by atoms with Crippen LogP contribution in [0.1, 0.15) is 12.7 Å². The van der Waals surface area contributed by atoms with Crippen molar-refractivity contribution in [3.8, 4) is 6.07 Å². The predicted molar refractivity (Wildman–Crippen MR) is 78.1 cm³/mol. The maximum absolute atomic E-state index is 11.7. The number of nitrogens with zero attached hydrogens (tertiary/aromatic N) is 3. The summed E-state index contributed by atoms with van der Waals surface area (Å²) in [6.45, 7) is 1.89. The van der Waals surface area contributed by atoms with Crippen molar-refractivity contribution < 1.29 is 14.0 Å². The lowest BCUT2D eigenvalue weighted by Gasteiger charge is -2.14. The molecule has 1 N–H and O–H groups in total. The smallest absolute Gasteiger partial charge is 0.367 e. The van der Waals surface area contributed by atoms with Crippen LogP contribution in [0.3, 0.4) is 0 Å². The van der Waals surface area contributed by atoms with Gasteiger partial charge in [-0.05, 0) is 19.1 Å². The second-order valence-corrected chi connectivity index (χ2v) is 5.19. The molecule has 0 spiro atoms. The fourth-order valence-electron chi connectivity index (χ4n) is 1.63. The molecule has 1 aliphatic heterocycles. The number of furan rings is 1. The molecule has 8 heteroatoms. The van der Waals surface area contributed by atoms with E-state index in [4.69, 9.17) is 9.68 Å². The molecule has 0 aliphatic carbocycles. The summed E-state index contributed by atoms with van der Waals surface area (Å²) >= 11 is 1.07. The van der Waals surface area contributed by atoms with Gasteiger partial charge in [-0.25, -0.2) is 4.79 Å². The van der Waals surface area contributed by atoms with E-state index in [1.165, 1.54) is 6.26 Å². The number of carbonyl (C=O) groups excluding carboxylic acids is 2. The van der Waals surface area contributed by atoms with E-state index in [2.05, 4.69) is 15.3 Å². The topological polar surface area (TPSA) is 108 Å². The normalized spacial score (nSPS) is 17.7. The third-order valence-electron chi connectivity index (χ3n) is 2.66. The lowest BCUT2D eigenvalue weighted by atomic mass is 10.1. The Balaban J connectivity index is 1.86. The standard InChI is InChI=1S/C13H12N4O3S/c1-8-10(5-14)12(17-13(19)16-8)21-7-11(18)15-6-9-3-2-4-20-9/h2-4,10H,6-7H2,1H3,(H,15,18). The molecule has 0 fully saturated rings. The number of amides is 3. The van der Waals surface area contributed by atoms with E-state index in [0.29, 0.717) is 23.1 Å². The Hall–Kier alpha value is -2.40. The highest BCUT2D eigenvalue weighted by molar-refractivity contribution is 8.14. The molecular formula is C13H12N4O3S. The number of nitrogens with one attached hydrogen (secondary N) is 1. The number of thioether (sulfide) groups is 1. The van der Waals surface area contributed by atoms with Crippen LogP contribution in [0.25, 0.3) is 0 Å². The van der Waals surface area contributed by atoms with Crippen molar-refractivity contribution in [1.82, 2.24) is 5.32 Å². The van der Waals surface area contributed by atoms with E-state index in [1.54, 1.807) is 19.1 Å². The molecule has 2 rings (SSSR count). The van der Waals surface area contributed by atoms with Gasteiger partial charge < -0.3 is 9.73 Å². The van der Waals surface area contributed by atoms with Crippen LogP contribution in [0.15, 0.2) is 32.8 Å². The van der Waals surface area contributed by atoms with Crippen molar-refractivity contribution in [2.24, 2.45) is 15.9 Å². The van der Waals surface area contributed by atoms with E-state index in [9.17, 15) is 9.59 Å². The Morgan fingerprint density at radius 3 is 3.05 bits per heavy atom. The largest absolute Gasteiger partial charge is 0.467 e. The summed E-state index contributed by atoms with van der Waals surface area (Å²) in [6, 6.07) is 4.87. The second-order valence-electron chi connectivity index (χ2n) is 4.19. The number of urea groups is 1. The summed E-state index contributed by atoms with van der Waals surface area (Å²) in [4.78, 5) is 30.3. The van der Waals surface area contributed by atoms with Crippen LogP contribution < -0.4 is 5.32 Å². The Bertz CT molecular complexity index is 643. The van der Waals surface area contributed by atoms with E-state index in [0.717, 1.165) is 11.8 Å². The van der Waals surface area contributed by atoms with E-state index >= 15 is 0 Å². The predicted octanol–water partition coefficient (Wildman–Crippen LogP) is 1.76. The number of hydrogen-bond donors (Lipinski definition) is 1. The fourth-order valence-corrected chi connectivity index (χ4v) is 2.55. The highest BCUT2D eigenvalue weighted by atomic mass is 32.2. The summed E-state index contributed by atoms with van der Waals surface area (Å²) in [6.07, 6.45) is 1.53. The van der Waals surface area contributed by atoms with E-state index < -0.39 is 11.9 Å². The van der Waals surface area contributed by atoms with E-state index in [1.807, 2.05) is 6.07 Å². The molecule has 1 unspecified atom stereocenters. The van der Waals surface area contributed by atoms with Gasteiger partial charge in [-0.2, -0.15) is 15.2 Å². The van der Waals surface area contributed by atoms with Gasteiger partial charge in [-0.1, -0.05) is 11.8 Å². The summed E-state index contributed by atoms with van der Waals surface area (Å²) in [5, 5.41) is 12.0. The van der Waals surface area contributed by atoms with Crippen molar-refractivity contribution in [3.05, 3.63) is 24.2 Å². The van der Waals surface area contributed by atoms with Gasteiger partial charge in [0.1, 0.15) is 16.7 Å². The Kier molecular flexibility index (Phi) is 4.90. The van der Waals surface area contributed by atoms with Gasteiger partial charge >= 0.3 is 6.03 Å². The minimum Gasteiger partial charge on any atom is -0.467 e. The van der Waals surface area contributed by atoms with Crippen molar-refractivity contribution in [1.29, 1.82) is 5.26 Å². The van der Waals surface area contributed by atoms with Gasteiger partial charge in [0.2, 0.25) is 5.91 Å². The number of nitriles is 1. The zero-order valence-corrected chi connectivity index (χ0v) is 12.0. The first-order valence-corrected chi connectivity index (χ1v) is 7.08. The van der Waals surface area contributed by atoms with Crippen molar-refractivity contribution in [2.45, 2.75) is 13.5 Å². The quantitative estimate of drug-likeness (QED) is 0.911. The number of aliphatic imine (C=N–C) groups is 2. The molecule has 108 valence electrons. The zero-order chi connectivity index (χ0) is 15.2. The van der Waals surface area contributed by atoms with Crippen LogP contribution in [-0.4, -0.2) is 28.4 Å². The lowest BCUT2D eigenvalue weighted by molar-refractivity contribution is -0.118. The molecule has 0 saturated carbocycles. The third kappa shape index (κ3) is 4.03. The molecule has 0 saturated heterocycles. The first-order chi connectivity index (χ1) is 10.1. The van der Waals surface area contributed by atoms with Crippen LogP contribution in [0.5, 0.6) is 0 Å². The first kappa shape index (κ1) is 15.0. The molecular weight excluding hydrogens is 292 g/mol. The molecule has 1 atom stereocenters. The van der Waals surface area contributed by atoms with Crippen molar-refractivity contribution in [2.75, 3.05) is 5.75 Å². The van der Waals surface area contributed by atoms with Crippen molar-refractivity contribution in [3.63, 3.8) is 0 Å². The minimum atomic E-state index is -0.662. The van der Waals surface area contributed by atoms with Gasteiger partial charge in [0, 0.05) is 5.71 Å². The monoisotopic (exact) mass is 304 g/mol. The molecule has 2 heterocycles. The minimum absolute atomic E-state index is 0.0677. The molecule has 21 heavy (non-hydrogen) atoms. The van der Waals surface area contributed by atoms with Crippen LogP contribution >= 0.6 is 11.8 Å². The highest BCUT2D eigenvalue weighted by Gasteiger charge is 2.25. The summed E-state index contributed by atoms with van der Waals surface area (Å²) in [5.41, 5.74) is 0.399. The Morgan fingerprint density at radius 2 is 2.38 bits per heavy atom. The van der Waals surface area contributed by atoms with Crippen molar-refractivity contribution >= 4 is 34.5 Å². The molecule has 0 radical (unpaired) electrons. The van der Waals surface area contributed by atoms with Crippen LogP contribution in [-0.2, 0) is 11.3 Å². The summed E-state index contributed by atoms with van der Waals surface area (Å²) in [7, 11) is 0. The zero-order valence-electron chi connectivity index (χ0n) is 11.2. The van der Waals surface area contributed by atoms with Gasteiger partial charge in [0.05, 0.1) is 24.6 Å². The van der Waals surface area contributed by atoms with Crippen LogP contribution in [0.2, 0.25) is 0 Å². The maximum atomic E-state index is 11.7. The Labute approximate surface area is 125 Å². The molecule has 1 aromatic rings. The number of carbonyl (C=O) groups is 2. The third-order valence-corrected chi connectivity index (χ3v) is 3.69. The van der Waals surface area contributed by atoms with Gasteiger partial charge in [0.25, 0.3) is 0 Å². The first-order valence-electron chi connectivity index (χ1n) is 6.09. The Morgan fingerprint density at radius 1 is 1.57 bits per heavy atom.